The van der Waals surface area contributed by atoms with Crippen LogP contribution < -0.4 is 26.6 Å². The standard InChI is InChI=1S/C18H40N8O4/c1-16-5-19-3-15(25(27)28)4-24(14-23-7-16)13-17(2)8-21-11-18(26(29)30,10-20-6-16)12-22-9-17/h15,19-23,27-30H,3-14H2,1-2H3. The summed E-state index contributed by atoms with van der Waals surface area (Å²) in [5, 5.41) is 57.5. The molecule has 30 heavy (non-hydrogen) atoms. The summed E-state index contributed by atoms with van der Waals surface area (Å²) in [6.45, 7) is 11.4. The lowest BCUT2D eigenvalue weighted by Crippen LogP contribution is -2.68. The fraction of sp³-hybridized carbons (Fsp3) is 1.00. The van der Waals surface area contributed by atoms with Crippen LogP contribution in [0.3, 0.4) is 0 Å². The molecule has 12 nitrogen and oxygen atoms in total. The SMILES string of the molecule is CC12CNCC(N(O)O)CN(CNC1)CC1(C)CNCC(N(O)O)(CNC2)CNC1. The van der Waals surface area contributed by atoms with E-state index in [4.69, 9.17) is 0 Å². The van der Waals surface area contributed by atoms with E-state index in [0.29, 0.717) is 76.0 Å². The van der Waals surface area contributed by atoms with Crippen LogP contribution in [-0.2, 0) is 0 Å². The lowest BCUT2D eigenvalue weighted by molar-refractivity contribution is -0.360. The Balaban J connectivity index is 1.88. The highest BCUT2D eigenvalue weighted by Gasteiger charge is 2.41. The van der Waals surface area contributed by atoms with Gasteiger partial charge in [-0.15, -0.1) is 0 Å². The van der Waals surface area contributed by atoms with Gasteiger partial charge in [-0.1, -0.05) is 24.3 Å². The molecule has 3 atom stereocenters. The zero-order valence-electron chi connectivity index (χ0n) is 18.2. The molecular weight excluding hydrogens is 392 g/mol. The molecule has 4 bridgehead atoms. The maximum absolute atomic E-state index is 10.0. The molecule has 0 aliphatic carbocycles. The van der Waals surface area contributed by atoms with Gasteiger partial charge in [0.15, 0.2) is 0 Å². The van der Waals surface area contributed by atoms with E-state index in [1.807, 2.05) is 0 Å². The second kappa shape index (κ2) is 9.98. The number of nitrogens with one attached hydrogen (secondary N) is 5. The van der Waals surface area contributed by atoms with E-state index < -0.39 is 11.6 Å². The van der Waals surface area contributed by atoms with Gasteiger partial charge in [0.1, 0.15) is 5.54 Å². The lowest BCUT2D eigenvalue weighted by atomic mass is 9.85. The van der Waals surface area contributed by atoms with Crippen molar-refractivity contribution in [2.24, 2.45) is 10.8 Å². The summed E-state index contributed by atoms with van der Waals surface area (Å²) >= 11 is 0. The first-order chi connectivity index (χ1) is 14.2. The van der Waals surface area contributed by atoms with Crippen LogP contribution in [0.1, 0.15) is 13.8 Å². The highest BCUT2D eigenvalue weighted by atomic mass is 16.8. The zero-order chi connectivity index (χ0) is 21.8. The molecule has 4 heterocycles. The minimum absolute atomic E-state index is 0.123. The third kappa shape index (κ3) is 6.06. The molecule has 3 unspecified atom stereocenters. The van der Waals surface area contributed by atoms with Crippen molar-refractivity contribution < 1.29 is 20.8 Å². The number of hydrogen-bond acceptors (Lipinski definition) is 12. The summed E-state index contributed by atoms with van der Waals surface area (Å²) in [6.07, 6.45) is 0. The van der Waals surface area contributed by atoms with E-state index >= 15 is 0 Å². The highest BCUT2D eigenvalue weighted by Crippen LogP contribution is 2.22. The minimum Gasteiger partial charge on any atom is -0.314 e. The van der Waals surface area contributed by atoms with Gasteiger partial charge in [0.05, 0.1) is 6.04 Å². The first-order valence-electron chi connectivity index (χ1n) is 10.8. The van der Waals surface area contributed by atoms with Gasteiger partial charge in [0.25, 0.3) is 0 Å². The van der Waals surface area contributed by atoms with Crippen LogP contribution in [0.4, 0.5) is 0 Å². The van der Waals surface area contributed by atoms with Crippen LogP contribution in [-0.4, -0.2) is 126 Å². The molecular formula is C18H40N8O4. The maximum Gasteiger partial charge on any atom is 0.110 e. The third-order valence-electron chi connectivity index (χ3n) is 6.66. The Morgan fingerprint density at radius 2 is 1.27 bits per heavy atom. The Hall–Kier alpha value is -0.480. The molecule has 4 rings (SSSR count). The number of nitrogens with zero attached hydrogens (tertiary/aromatic N) is 3. The summed E-state index contributed by atoms with van der Waals surface area (Å²) in [5.74, 6) is 0. The Kier molecular flexibility index (Phi) is 8.04. The molecule has 0 radical (unpaired) electrons. The van der Waals surface area contributed by atoms with E-state index in [-0.39, 0.29) is 10.8 Å². The topological polar surface area (TPSA) is 151 Å². The minimum atomic E-state index is -0.872. The summed E-state index contributed by atoms with van der Waals surface area (Å²) in [6, 6.07) is -0.446. The molecule has 9 N–H and O–H groups in total. The van der Waals surface area contributed by atoms with Crippen molar-refractivity contribution in [1.82, 2.24) is 41.9 Å². The van der Waals surface area contributed by atoms with Gasteiger partial charge >= 0.3 is 0 Å². The van der Waals surface area contributed by atoms with E-state index in [1.54, 1.807) is 0 Å². The van der Waals surface area contributed by atoms with E-state index in [1.165, 1.54) is 0 Å². The van der Waals surface area contributed by atoms with Gasteiger partial charge in [0, 0.05) is 89.5 Å². The normalized spacial score (nSPS) is 42.4. The Morgan fingerprint density at radius 3 is 1.83 bits per heavy atom. The van der Waals surface area contributed by atoms with E-state index in [2.05, 4.69) is 45.3 Å². The maximum atomic E-state index is 10.0. The molecule has 12 heteroatoms. The Morgan fingerprint density at radius 1 is 0.733 bits per heavy atom. The quantitative estimate of drug-likeness (QED) is 0.212. The molecule has 0 amide bonds. The van der Waals surface area contributed by atoms with Gasteiger partial charge < -0.3 is 26.6 Å². The fourth-order valence-electron chi connectivity index (χ4n) is 4.85. The molecule has 0 saturated carbocycles. The predicted molar refractivity (Wildman–Crippen MR) is 109 cm³/mol. The van der Waals surface area contributed by atoms with Crippen molar-refractivity contribution in [2.75, 3.05) is 78.7 Å². The van der Waals surface area contributed by atoms with Crippen molar-refractivity contribution in [3.05, 3.63) is 0 Å². The number of rotatable bonds is 2. The molecule has 0 aromatic heterocycles. The fourth-order valence-corrected chi connectivity index (χ4v) is 4.85. The number of hydroxylamine groups is 4. The van der Waals surface area contributed by atoms with Crippen LogP contribution >= 0.6 is 0 Å². The molecule has 0 aromatic rings. The summed E-state index contributed by atoms with van der Waals surface area (Å²) < 4.78 is 0. The molecule has 4 saturated heterocycles. The van der Waals surface area contributed by atoms with Gasteiger partial charge in [-0.25, -0.2) is 0 Å². The average Bonchev–Trinajstić information content (AvgIpc) is 2.64. The smallest absolute Gasteiger partial charge is 0.110 e. The largest absolute Gasteiger partial charge is 0.314 e. The monoisotopic (exact) mass is 432 g/mol. The van der Waals surface area contributed by atoms with Gasteiger partial charge in [-0.05, 0) is 0 Å². The van der Waals surface area contributed by atoms with Crippen molar-refractivity contribution in [2.45, 2.75) is 25.4 Å². The molecule has 4 aliphatic rings. The van der Waals surface area contributed by atoms with Crippen molar-refractivity contribution in [3.63, 3.8) is 0 Å². The van der Waals surface area contributed by atoms with Crippen LogP contribution in [0.5, 0.6) is 0 Å². The molecule has 4 fully saturated rings. The van der Waals surface area contributed by atoms with Crippen molar-refractivity contribution >= 4 is 0 Å². The first kappa shape index (κ1) is 24.2. The lowest BCUT2D eigenvalue weighted by Gasteiger charge is -2.45. The average molecular weight is 433 g/mol. The first-order valence-corrected chi connectivity index (χ1v) is 10.8. The Bertz CT molecular complexity index is 544. The zero-order valence-corrected chi connectivity index (χ0v) is 18.2. The number of hydrogen-bond donors (Lipinski definition) is 9. The van der Waals surface area contributed by atoms with Crippen molar-refractivity contribution in [1.29, 1.82) is 0 Å². The third-order valence-corrected chi connectivity index (χ3v) is 6.66. The summed E-state index contributed by atoms with van der Waals surface area (Å²) in [5.41, 5.74) is -1.14. The van der Waals surface area contributed by atoms with Crippen LogP contribution in [0, 0.1) is 10.8 Å². The van der Waals surface area contributed by atoms with Crippen LogP contribution in [0.25, 0.3) is 0 Å². The summed E-state index contributed by atoms with van der Waals surface area (Å²) in [7, 11) is 0. The van der Waals surface area contributed by atoms with E-state index in [9.17, 15) is 20.8 Å². The summed E-state index contributed by atoms with van der Waals surface area (Å²) in [4.78, 5) is 2.22. The Labute approximate surface area is 178 Å². The molecule has 0 spiro atoms. The second-order valence-electron chi connectivity index (χ2n) is 10.1. The van der Waals surface area contributed by atoms with Gasteiger partial charge in [-0.2, -0.15) is 0 Å². The van der Waals surface area contributed by atoms with Crippen molar-refractivity contribution in [3.8, 4) is 0 Å². The molecule has 176 valence electrons. The number of fused-ring (bicyclic) bond motifs is 6. The highest BCUT2D eigenvalue weighted by molar-refractivity contribution is 4.98. The van der Waals surface area contributed by atoms with Crippen LogP contribution in [0.15, 0.2) is 0 Å². The van der Waals surface area contributed by atoms with Crippen LogP contribution in [0.2, 0.25) is 0 Å². The van der Waals surface area contributed by atoms with Gasteiger partial charge in [0.2, 0.25) is 0 Å². The molecule has 4 aliphatic heterocycles. The van der Waals surface area contributed by atoms with Gasteiger partial charge in [-0.3, -0.25) is 25.7 Å². The second-order valence-corrected chi connectivity index (χ2v) is 10.1. The van der Waals surface area contributed by atoms with E-state index in [0.717, 1.165) is 13.1 Å². The predicted octanol–water partition coefficient (Wildman–Crippen LogP) is -2.48. The molecule has 0 aromatic carbocycles.